The van der Waals surface area contributed by atoms with Gasteiger partial charge in [-0.2, -0.15) is 0 Å². The van der Waals surface area contributed by atoms with Crippen molar-refractivity contribution in [1.82, 2.24) is 4.90 Å². The first-order chi connectivity index (χ1) is 10.5. The summed E-state index contributed by atoms with van der Waals surface area (Å²) < 4.78 is 26.9. The fraction of sp³-hybridized carbons (Fsp3) is 0.188. The molecule has 0 spiro atoms. The third kappa shape index (κ3) is 4.51. The standard InChI is InChI=1S/C16H15ClF2N2O/c1-21(9-11-4-2-5-12(17)8-11)10-15(22)20-16-13(18)6-3-7-14(16)19/h2-8H,9-10H2,1H3,(H,20,22). The van der Waals surface area contributed by atoms with Crippen molar-refractivity contribution in [3.05, 3.63) is 64.7 Å². The Hall–Kier alpha value is -1.98. The molecular formula is C16H15ClF2N2O. The molecule has 1 N–H and O–H groups in total. The van der Waals surface area contributed by atoms with Crippen LogP contribution in [0.2, 0.25) is 5.02 Å². The van der Waals surface area contributed by atoms with Gasteiger partial charge in [0.1, 0.15) is 17.3 Å². The lowest BCUT2D eigenvalue weighted by molar-refractivity contribution is -0.117. The Morgan fingerprint density at radius 2 is 1.82 bits per heavy atom. The SMILES string of the molecule is CN(CC(=O)Nc1c(F)cccc1F)Cc1cccc(Cl)c1. The minimum atomic E-state index is -0.800. The lowest BCUT2D eigenvalue weighted by Crippen LogP contribution is -2.30. The summed E-state index contributed by atoms with van der Waals surface area (Å²) in [7, 11) is 1.73. The van der Waals surface area contributed by atoms with Gasteiger partial charge in [0.05, 0.1) is 6.54 Å². The van der Waals surface area contributed by atoms with Crippen molar-refractivity contribution in [3.8, 4) is 0 Å². The molecule has 0 aliphatic rings. The molecule has 116 valence electrons. The number of nitrogens with one attached hydrogen (secondary N) is 1. The number of likely N-dealkylation sites (N-methyl/N-ethyl adjacent to an activating group) is 1. The Balaban J connectivity index is 1.94. The van der Waals surface area contributed by atoms with Crippen LogP contribution in [0.5, 0.6) is 0 Å². The Kier molecular flexibility index (Phi) is 5.46. The summed E-state index contributed by atoms with van der Waals surface area (Å²) in [4.78, 5) is 13.6. The number of nitrogens with zero attached hydrogens (tertiary/aromatic N) is 1. The van der Waals surface area contributed by atoms with Gasteiger partial charge in [-0.05, 0) is 36.9 Å². The highest BCUT2D eigenvalue weighted by Gasteiger charge is 2.13. The quantitative estimate of drug-likeness (QED) is 0.909. The lowest BCUT2D eigenvalue weighted by Gasteiger charge is -2.17. The van der Waals surface area contributed by atoms with E-state index in [1.807, 2.05) is 12.1 Å². The Morgan fingerprint density at radius 3 is 2.45 bits per heavy atom. The number of amides is 1. The monoisotopic (exact) mass is 324 g/mol. The molecule has 6 heteroatoms. The van der Waals surface area contributed by atoms with Crippen LogP contribution >= 0.6 is 11.6 Å². The third-order valence-electron chi connectivity index (χ3n) is 2.98. The first-order valence-electron chi connectivity index (χ1n) is 6.62. The Morgan fingerprint density at radius 1 is 1.18 bits per heavy atom. The molecule has 2 aromatic carbocycles. The van der Waals surface area contributed by atoms with E-state index >= 15 is 0 Å². The third-order valence-corrected chi connectivity index (χ3v) is 3.22. The number of rotatable bonds is 5. The molecule has 0 saturated carbocycles. The average Bonchev–Trinajstić information content (AvgIpc) is 2.43. The molecule has 0 saturated heterocycles. The fourth-order valence-corrected chi connectivity index (χ4v) is 2.26. The molecule has 0 aliphatic carbocycles. The van der Waals surface area contributed by atoms with Gasteiger partial charge < -0.3 is 5.32 Å². The highest BCUT2D eigenvalue weighted by Crippen LogP contribution is 2.18. The van der Waals surface area contributed by atoms with Crippen LogP contribution in [0, 0.1) is 11.6 Å². The first kappa shape index (κ1) is 16.4. The highest BCUT2D eigenvalue weighted by molar-refractivity contribution is 6.30. The van der Waals surface area contributed by atoms with Crippen molar-refractivity contribution < 1.29 is 13.6 Å². The zero-order chi connectivity index (χ0) is 16.1. The number of halogens is 3. The Labute approximate surface area is 132 Å². The van der Waals surface area contributed by atoms with Crippen LogP contribution in [0.4, 0.5) is 14.5 Å². The number of anilines is 1. The van der Waals surface area contributed by atoms with Gasteiger partial charge in [0.25, 0.3) is 0 Å². The molecule has 0 atom stereocenters. The van der Waals surface area contributed by atoms with Crippen LogP contribution in [0.25, 0.3) is 0 Å². The number of benzene rings is 2. The zero-order valence-electron chi connectivity index (χ0n) is 11.9. The minimum absolute atomic E-state index is 0.000285. The maximum atomic E-state index is 13.5. The summed E-state index contributed by atoms with van der Waals surface area (Å²) in [6, 6.07) is 10.7. The molecule has 0 heterocycles. The molecule has 3 nitrogen and oxygen atoms in total. The molecule has 22 heavy (non-hydrogen) atoms. The maximum Gasteiger partial charge on any atom is 0.238 e. The minimum Gasteiger partial charge on any atom is -0.320 e. The molecule has 2 aromatic rings. The lowest BCUT2D eigenvalue weighted by atomic mass is 10.2. The summed E-state index contributed by atoms with van der Waals surface area (Å²) in [6.45, 7) is 0.494. The largest absolute Gasteiger partial charge is 0.320 e. The maximum absolute atomic E-state index is 13.5. The molecule has 0 unspecified atom stereocenters. The van der Waals surface area contributed by atoms with Crippen molar-refractivity contribution in [2.45, 2.75) is 6.54 Å². The van der Waals surface area contributed by atoms with Crippen molar-refractivity contribution >= 4 is 23.2 Å². The van der Waals surface area contributed by atoms with Gasteiger partial charge in [0.2, 0.25) is 5.91 Å². The van der Waals surface area contributed by atoms with Gasteiger partial charge in [-0.3, -0.25) is 9.69 Å². The fourth-order valence-electron chi connectivity index (χ4n) is 2.04. The molecule has 1 amide bonds. The van der Waals surface area contributed by atoms with E-state index < -0.39 is 23.2 Å². The highest BCUT2D eigenvalue weighted by atomic mass is 35.5. The van der Waals surface area contributed by atoms with E-state index in [1.54, 1.807) is 24.1 Å². The topological polar surface area (TPSA) is 32.3 Å². The summed E-state index contributed by atoms with van der Waals surface area (Å²) in [5.74, 6) is -2.09. The zero-order valence-corrected chi connectivity index (χ0v) is 12.7. The van der Waals surface area contributed by atoms with E-state index in [0.29, 0.717) is 11.6 Å². The van der Waals surface area contributed by atoms with Gasteiger partial charge >= 0.3 is 0 Å². The van der Waals surface area contributed by atoms with Gasteiger partial charge in [-0.1, -0.05) is 29.8 Å². The smallest absolute Gasteiger partial charge is 0.238 e. The van der Waals surface area contributed by atoms with Crippen molar-refractivity contribution in [2.75, 3.05) is 18.9 Å². The van der Waals surface area contributed by atoms with E-state index in [9.17, 15) is 13.6 Å². The molecule has 0 aliphatic heterocycles. The molecular weight excluding hydrogens is 310 g/mol. The molecule has 2 rings (SSSR count). The first-order valence-corrected chi connectivity index (χ1v) is 7.00. The number of carbonyl (C=O) groups is 1. The van der Waals surface area contributed by atoms with E-state index in [4.69, 9.17) is 11.6 Å². The summed E-state index contributed by atoms with van der Waals surface area (Å²) in [6.07, 6.45) is 0. The van der Waals surface area contributed by atoms with Crippen molar-refractivity contribution in [3.63, 3.8) is 0 Å². The van der Waals surface area contributed by atoms with Crippen LogP contribution in [-0.2, 0) is 11.3 Å². The number of carbonyl (C=O) groups excluding carboxylic acids is 1. The normalized spacial score (nSPS) is 10.8. The van der Waals surface area contributed by atoms with Gasteiger partial charge in [-0.15, -0.1) is 0 Å². The molecule has 0 aromatic heterocycles. The van der Waals surface area contributed by atoms with Crippen molar-refractivity contribution in [1.29, 1.82) is 0 Å². The second-order valence-corrected chi connectivity index (χ2v) is 5.38. The van der Waals surface area contributed by atoms with Gasteiger partial charge in [0, 0.05) is 11.6 Å². The molecule has 0 radical (unpaired) electrons. The van der Waals surface area contributed by atoms with Gasteiger partial charge in [0.15, 0.2) is 0 Å². The van der Waals surface area contributed by atoms with E-state index in [2.05, 4.69) is 5.32 Å². The predicted molar refractivity (Wildman–Crippen MR) is 82.8 cm³/mol. The Bertz CT molecular complexity index is 659. The average molecular weight is 325 g/mol. The number of hydrogen-bond donors (Lipinski definition) is 1. The second kappa shape index (κ2) is 7.33. The van der Waals surface area contributed by atoms with E-state index in [1.165, 1.54) is 6.07 Å². The molecule has 0 fully saturated rings. The van der Waals surface area contributed by atoms with Crippen LogP contribution in [-0.4, -0.2) is 24.4 Å². The van der Waals surface area contributed by atoms with Crippen LogP contribution in [0.15, 0.2) is 42.5 Å². The summed E-state index contributed by atoms with van der Waals surface area (Å²) in [5.41, 5.74) is 0.517. The van der Waals surface area contributed by atoms with Crippen LogP contribution < -0.4 is 5.32 Å². The predicted octanol–water partition coefficient (Wildman–Crippen LogP) is 3.69. The van der Waals surface area contributed by atoms with E-state index in [0.717, 1.165) is 17.7 Å². The number of para-hydroxylation sites is 1. The van der Waals surface area contributed by atoms with Crippen LogP contribution in [0.3, 0.4) is 0 Å². The summed E-state index contributed by atoms with van der Waals surface area (Å²) in [5, 5.41) is 2.86. The van der Waals surface area contributed by atoms with E-state index in [-0.39, 0.29) is 6.54 Å². The number of hydrogen-bond acceptors (Lipinski definition) is 2. The molecule has 0 bridgehead atoms. The van der Waals surface area contributed by atoms with Gasteiger partial charge in [-0.25, -0.2) is 8.78 Å². The van der Waals surface area contributed by atoms with Crippen LogP contribution in [0.1, 0.15) is 5.56 Å². The second-order valence-electron chi connectivity index (χ2n) is 4.95. The van der Waals surface area contributed by atoms with Crippen molar-refractivity contribution in [2.24, 2.45) is 0 Å². The summed E-state index contributed by atoms with van der Waals surface area (Å²) >= 11 is 5.90.